The van der Waals surface area contributed by atoms with Crippen molar-refractivity contribution >= 4 is 6.34 Å². The molecule has 58 valence electrons. The second kappa shape index (κ2) is 3.04. The summed E-state index contributed by atoms with van der Waals surface area (Å²) in [4.78, 5) is 2.31. The second-order valence-electron chi connectivity index (χ2n) is 2.93. The van der Waals surface area contributed by atoms with E-state index in [9.17, 15) is 0 Å². The third kappa shape index (κ3) is 1.31. The van der Waals surface area contributed by atoms with Crippen LogP contribution >= 0.6 is 0 Å². The summed E-state index contributed by atoms with van der Waals surface area (Å²) in [6, 6.07) is 0.750. The van der Waals surface area contributed by atoms with Gasteiger partial charge in [0.15, 0.2) is 0 Å². The fourth-order valence-electron chi connectivity index (χ4n) is 1.43. The van der Waals surface area contributed by atoms with Crippen LogP contribution in [0, 0.1) is 0 Å². The molecule has 0 aromatic heterocycles. The summed E-state index contributed by atoms with van der Waals surface area (Å²) in [7, 11) is 2.16. The van der Waals surface area contributed by atoms with Gasteiger partial charge in [0.2, 0.25) is 6.34 Å². The van der Waals surface area contributed by atoms with Crippen LogP contribution in [0.3, 0.4) is 0 Å². The van der Waals surface area contributed by atoms with Crippen molar-refractivity contribution in [3.63, 3.8) is 0 Å². The zero-order chi connectivity index (χ0) is 7.56. The Morgan fingerprint density at radius 1 is 1.60 bits per heavy atom. The van der Waals surface area contributed by atoms with Gasteiger partial charge in [-0.15, -0.1) is 0 Å². The largest absolute Gasteiger partial charge is 0.264 e. The van der Waals surface area contributed by atoms with E-state index in [1.165, 1.54) is 13.0 Å². The molecule has 0 saturated carbocycles. The normalized spacial score (nSPS) is 25.3. The Labute approximate surface area is 63.2 Å². The molecule has 1 rings (SSSR count). The fourth-order valence-corrected chi connectivity index (χ4v) is 1.43. The highest BCUT2D eigenvalue weighted by atomic mass is 15.3. The van der Waals surface area contributed by atoms with Gasteiger partial charge in [-0.1, -0.05) is 6.92 Å². The molecule has 0 aliphatic carbocycles. The SMILES string of the molecule is CCC1C[N+](CC)=CN1C. The van der Waals surface area contributed by atoms with Crippen LogP contribution in [0.25, 0.3) is 0 Å². The van der Waals surface area contributed by atoms with Crippen LogP contribution in [-0.2, 0) is 0 Å². The van der Waals surface area contributed by atoms with Crippen molar-refractivity contribution in [1.82, 2.24) is 4.90 Å². The molecule has 0 spiro atoms. The monoisotopic (exact) mass is 141 g/mol. The van der Waals surface area contributed by atoms with Gasteiger partial charge < -0.3 is 0 Å². The lowest BCUT2D eigenvalue weighted by Crippen LogP contribution is -2.26. The topological polar surface area (TPSA) is 6.25 Å². The molecule has 0 amide bonds. The Morgan fingerprint density at radius 3 is 2.60 bits per heavy atom. The molecule has 1 heterocycles. The Morgan fingerprint density at radius 2 is 2.30 bits per heavy atom. The zero-order valence-corrected chi connectivity index (χ0v) is 7.17. The molecule has 1 aliphatic rings. The average Bonchev–Trinajstić information content (AvgIpc) is 2.30. The lowest BCUT2D eigenvalue weighted by molar-refractivity contribution is -0.513. The molecule has 0 aromatic carbocycles. The fraction of sp³-hybridized carbons (Fsp3) is 0.875. The smallest absolute Gasteiger partial charge is 0.234 e. The van der Waals surface area contributed by atoms with Gasteiger partial charge in [0.05, 0.1) is 13.6 Å². The Balaban J connectivity index is 2.49. The Kier molecular flexibility index (Phi) is 2.30. The van der Waals surface area contributed by atoms with E-state index in [1.54, 1.807) is 0 Å². The van der Waals surface area contributed by atoms with Gasteiger partial charge >= 0.3 is 0 Å². The van der Waals surface area contributed by atoms with Crippen molar-refractivity contribution in [2.45, 2.75) is 26.3 Å². The van der Waals surface area contributed by atoms with E-state index < -0.39 is 0 Å². The highest BCUT2D eigenvalue weighted by Crippen LogP contribution is 2.05. The predicted molar refractivity (Wildman–Crippen MR) is 43.6 cm³/mol. The maximum absolute atomic E-state index is 2.36. The second-order valence-corrected chi connectivity index (χ2v) is 2.93. The molecule has 2 nitrogen and oxygen atoms in total. The van der Waals surface area contributed by atoms with Crippen LogP contribution in [0.5, 0.6) is 0 Å². The maximum atomic E-state index is 2.36. The van der Waals surface area contributed by atoms with E-state index in [1.807, 2.05) is 0 Å². The molecule has 1 unspecified atom stereocenters. The minimum absolute atomic E-state index is 0.750. The van der Waals surface area contributed by atoms with Crippen molar-refractivity contribution in [3.8, 4) is 0 Å². The highest BCUT2D eigenvalue weighted by Gasteiger charge is 2.25. The number of likely N-dealkylation sites (N-methyl/N-ethyl adjacent to an activating group) is 2. The van der Waals surface area contributed by atoms with E-state index in [4.69, 9.17) is 0 Å². The van der Waals surface area contributed by atoms with Gasteiger partial charge in [0.1, 0.15) is 12.6 Å². The highest BCUT2D eigenvalue weighted by molar-refractivity contribution is 5.50. The number of nitrogens with zero attached hydrogens (tertiary/aromatic N) is 2. The molecule has 0 N–H and O–H groups in total. The molecule has 0 fully saturated rings. The van der Waals surface area contributed by atoms with Crippen molar-refractivity contribution < 1.29 is 4.58 Å². The zero-order valence-electron chi connectivity index (χ0n) is 7.17. The van der Waals surface area contributed by atoms with Gasteiger partial charge in [0, 0.05) is 0 Å². The third-order valence-corrected chi connectivity index (χ3v) is 2.24. The summed E-state index contributed by atoms with van der Waals surface area (Å²) in [6.45, 7) is 6.79. The number of rotatable bonds is 2. The lowest BCUT2D eigenvalue weighted by Gasteiger charge is -2.08. The summed E-state index contributed by atoms with van der Waals surface area (Å²) < 4.78 is 2.36. The molecule has 1 aliphatic heterocycles. The van der Waals surface area contributed by atoms with Crippen LogP contribution in [-0.4, -0.2) is 42.0 Å². The summed E-state index contributed by atoms with van der Waals surface area (Å²) in [5.74, 6) is 0. The van der Waals surface area contributed by atoms with Crippen molar-refractivity contribution in [2.75, 3.05) is 20.1 Å². The van der Waals surface area contributed by atoms with E-state index in [-0.39, 0.29) is 0 Å². The van der Waals surface area contributed by atoms with Crippen molar-refractivity contribution in [2.24, 2.45) is 0 Å². The van der Waals surface area contributed by atoms with Crippen molar-refractivity contribution in [1.29, 1.82) is 0 Å². The molecule has 10 heavy (non-hydrogen) atoms. The number of hydrogen-bond acceptors (Lipinski definition) is 1. The first kappa shape index (κ1) is 7.58. The molecule has 0 bridgehead atoms. The molecule has 0 aromatic rings. The first-order valence-electron chi connectivity index (χ1n) is 4.08. The summed E-state index contributed by atoms with van der Waals surface area (Å²) in [5.41, 5.74) is 0. The van der Waals surface area contributed by atoms with E-state index in [2.05, 4.69) is 36.7 Å². The van der Waals surface area contributed by atoms with Gasteiger partial charge in [0.25, 0.3) is 0 Å². The Bertz CT molecular complexity index is 140. The minimum Gasteiger partial charge on any atom is -0.264 e. The predicted octanol–water partition coefficient (Wildman–Crippen LogP) is 0.771. The van der Waals surface area contributed by atoms with E-state index in [0.717, 1.165) is 12.6 Å². The van der Waals surface area contributed by atoms with Crippen LogP contribution in [0.2, 0.25) is 0 Å². The van der Waals surface area contributed by atoms with Gasteiger partial charge in [-0.05, 0) is 13.3 Å². The van der Waals surface area contributed by atoms with Crippen LogP contribution in [0.15, 0.2) is 0 Å². The molecular formula is C8H17N2+. The first-order valence-corrected chi connectivity index (χ1v) is 4.08. The summed E-state index contributed by atoms with van der Waals surface area (Å²) >= 11 is 0. The third-order valence-electron chi connectivity index (χ3n) is 2.24. The standard InChI is InChI=1S/C8H17N2/c1-4-8-6-10(5-2)7-9(8)3/h7-8H,4-6H2,1-3H3/q+1. The van der Waals surface area contributed by atoms with E-state index >= 15 is 0 Å². The molecule has 0 radical (unpaired) electrons. The van der Waals surface area contributed by atoms with Gasteiger partial charge in [-0.2, -0.15) is 0 Å². The van der Waals surface area contributed by atoms with Crippen LogP contribution in [0.1, 0.15) is 20.3 Å². The van der Waals surface area contributed by atoms with Crippen LogP contribution < -0.4 is 0 Å². The number of hydrogen-bond donors (Lipinski definition) is 0. The van der Waals surface area contributed by atoms with E-state index in [0.29, 0.717) is 0 Å². The van der Waals surface area contributed by atoms with Crippen molar-refractivity contribution in [3.05, 3.63) is 0 Å². The summed E-state index contributed by atoms with van der Waals surface area (Å²) in [5, 5.41) is 0. The quantitative estimate of drug-likeness (QED) is 0.515. The Hall–Kier alpha value is -0.530. The molecule has 0 saturated heterocycles. The maximum Gasteiger partial charge on any atom is 0.234 e. The molecule has 2 heteroatoms. The molecular weight excluding hydrogens is 124 g/mol. The molecule has 1 atom stereocenters. The van der Waals surface area contributed by atoms with Gasteiger partial charge in [-0.25, -0.2) is 0 Å². The first-order chi connectivity index (χ1) is 4.77. The van der Waals surface area contributed by atoms with Gasteiger partial charge in [-0.3, -0.25) is 9.48 Å². The minimum atomic E-state index is 0.750. The van der Waals surface area contributed by atoms with Crippen LogP contribution in [0.4, 0.5) is 0 Å². The summed E-state index contributed by atoms with van der Waals surface area (Å²) in [6.07, 6.45) is 3.47. The lowest BCUT2D eigenvalue weighted by atomic mass is 10.2. The average molecular weight is 141 g/mol.